The number of amides is 2. The van der Waals surface area contributed by atoms with E-state index in [1.54, 1.807) is 24.3 Å². The molecule has 2 amide bonds. The minimum atomic E-state index is -0.982. The first-order valence-corrected chi connectivity index (χ1v) is 13.2. The fourth-order valence-corrected chi connectivity index (χ4v) is 6.34. The van der Waals surface area contributed by atoms with Gasteiger partial charge < -0.3 is 18.9 Å². The van der Waals surface area contributed by atoms with E-state index in [-0.39, 0.29) is 6.61 Å². The average molecular weight is 532 g/mol. The van der Waals surface area contributed by atoms with Crippen LogP contribution in [0.3, 0.4) is 0 Å². The summed E-state index contributed by atoms with van der Waals surface area (Å²) in [5.74, 6) is -1.47. The Morgan fingerprint density at radius 3 is 2.11 bits per heavy atom. The van der Waals surface area contributed by atoms with Crippen LogP contribution in [-0.4, -0.2) is 59.1 Å². The van der Waals surface area contributed by atoms with Crippen LogP contribution in [0.25, 0.3) is 0 Å². The highest BCUT2D eigenvalue weighted by molar-refractivity contribution is 7.99. The highest BCUT2D eigenvalue weighted by Crippen LogP contribution is 2.43. The molecule has 6 atom stereocenters. The quantitative estimate of drug-likeness (QED) is 0.357. The fourth-order valence-electron chi connectivity index (χ4n) is 5.15. The second-order valence-electron chi connectivity index (χ2n) is 9.24. The van der Waals surface area contributed by atoms with E-state index in [1.807, 2.05) is 60.7 Å². The molecule has 9 heteroatoms. The van der Waals surface area contributed by atoms with Crippen molar-refractivity contribution in [2.75, 3.05) is 6.61 Å². The molecule has 0 saturated carbocycles. The number of imide groups is 1. The number of fused-ring (bicyclic) bond motifs is 2. The van der Waals surface area contributed by atoms with E-state index in [4.69, 9.17) is 18.9 Å². The van der Waals surface area contributed by atoms with Gasteiger partial charge in [-0.25, -0.2) is 0 Å². The molecule has 3 aromatic carbocycles. The minimum absolute atomic E-state index is 0.183. The molecule has 0 unspecified atom stereocenters. The molecule has 8 nitrogen and oxygen atoms in total. The van der Waals surface area contributed by atoms with Gasteiger partial charge in [0.2, 0.25) is 0 Å². The maximum atomic E-state index is 13.6. The van der Waals surface area contributed by atoms with Crippen LogP contribution in [0, 0.1) is 0 Å². The van der Waals surface area contributed by atoms with Gasteiger partial charge in [0.25, 0.3) is 11.8 Å². The second kappa shape index (κ2) is 10.3. The van der Waals surface area contributed by atoms with Crippen LogP contribution in [0.15, 0.2) is 89.8 Å². The van der Waals surface area contributed by atoms with Gasteiger partial charge in [0.05, 0.1) is 17.7 Å². The van der Waals surface area contributed by atoms with E-state index in [2.05, 4.69) is 0 Å². The van der Waals surface area contributed by atoms with E-state index in [0.717, 1.165) is 10.5 Å². The van der Waals surface area contributed by atoms with Crippen LogP contribution in [-0.2, 0) is 23.7 Å². The largest absolute Gasteiger partial charge is 0.457 e. The normalized spacial score (nSPS) is 28.5. The zero-order valence-corrected chi connectivity index (χ0v) is 21.3. The Hall–Kier alpha value is -3.50. The Morgan fingerprint density at radius 1 is 0.868 bits per heavy atom. The minimum Gasteiger partial charge on any atom is -0.457 e. The van der Waals surface area contributed by atoms with Gasteiger partial charge in [0.15, 0.2) is 12.4 Å². The lowest BCUT2D eigenvalue weighted by atomic mass is 9.95. The molecule has 3 aliphatic heterocycles. The predicted molar refractivity (Wildman–Crippen MR) is 137 cm³/mol. The number of hydrogen-bond donors (Lipinski definition) is 0. The third-order valence-electron chi connectivity index (χ3n) is 6.80. The molecule has 0 radical (unpaired) electrons. The molecule has 0 aromatic heterocycles. The van der Waals surface area contributed by atoms with E-state index in [0.29, 0.717) is 11.1 Å². The Labute approximate surface area is 223 Å². The van der Waals surface area contributed by atoms with Crippen molar-refractivity contribution in [3.63, 3.8) is 0 Å². The molecule has 0 bridgehead atoms. The maximum Gasteiger partial charge on any atom is 0.303 e. The van der Waals surface area contributed by atoms with E-state index in [9.17, 15) is 14.4 Å². The average Bonchev–Trinajstić information content (AvgIpc) is 3.19. The monoisotopic (exact) mass is 531 g/mol. The van der Waals surface area contributed by atoms with Crippen molar-refractivity contribution in [2.45, 2.75) is 47.9 Å². The summed E-state index contributed by atoms with van der Waals surface area (Å²) in [6.45, 7) is 1.49. The number of rotatable bonds is 5. The first kappa shape index (κ1) is 24.8. The number of benzene rings is 3. The number of thioether (sulfide) groups is 1. The zero-order chi connectivity index (χ0) is 26.2. The standard InChI is InChI=1S/C29H25NO7S/c1-17(31)35-25-23(30-26(32)20-14-8-9-15-21(20)27(30)33)29(38-19-12-6-3-7-13-19)36-22-16-34-28(37-24(22)25)18-10-4-2-5-11-18/h2-15,22-25,28-29H,16H2,1H3/t22-,23-,24-,25-,28-,29+/m1/s1. The first-order chi connectivity index (χ1) is 18.5. The SMILES string of the molecule is CC(=O)O[C@H]1[C@@H]2O[C@H](c3ccccc3)OC[C@H]2O[C@@H](Sc2ccccc2)[C@@H]1N1C(=O)c2ccccc2C1=O. The summed E-state index contributed by atoms with van der Waals surface area (Å²) in [6.07, 6.45) is -3.07. The van der Waals surface area contributed by atoms with E-state index >= 15 is 0 Å². The number of esters is 1. The van der Waals surface area contributed by atoms with Gasteiger partial charge in [-0.2, -0.15) is 0 Å². The zero-order valence-electron chi connectivity index (χ0n) is 20.5. The summed E-state index contributed by atoms with van der Waals surface area (Å²) in [5.41, 5.74) is 0.663. The topological polar surface area (TPSA) is 91.4 Å². The molecular formula is C29H25NO7S. The molecule has 194 valence electrons. The molecule has 3 heterocycles. The van der Waals surface area contributed by atoms with Gasteiger partial charge in [-0.15, -0.1) is 0 Å². The van der Waals surface area contributed by atoms with Crippen molar-refractivity contribution >= 4 is 29.5 Å². The van der Waals surface area contributed by atoms with Crippen molar-refractivity contribution in [2.24, 2.45) is 0 Å². The summed E-state index contributed by atoms with van der Waals surface area (Å²) < 4.78 is 24.7. The molecule has 0 spiro atoms. The van der Waals surface area contributed by atoms with Crippen LogP contribution < -0.4 is 0 Å². The summed E-state index contributed by atoms with van der Waals surface area (Å²) >= 11 is 1.36. The molecule has 0 aliphatic carbocycles. The molecule has 6 rings (SSSR count). The summed E-state index contributed by atoms with van der Waals surface area (Å²) in [7, 11) is 0. The number of hydrogen-bond acceptors (Lipinski definition) is 8. The number of nitrogens with zero attached hydrogens (tertiary/aromatic N) is 1. The van der Waals surface area contributed by atoms with Gasteiger partial charge in [-0.1, -0.05) is 72.4 Å². The first-order valence-electron chi connectivity index (χ1n) is 12.3. The van der Waals surface area contributed by atoms with Gasteiger partial charge in [0, 0.05) is 17.4 Å². The van der Waals surface area contributed by atoms with Gasteiger partial charge in [-0.3, -0.25) is 19.3 Å². The second-order valence-corrected chi connectivity index (χ2v) is 10.4. The van der Waals surface area contributed by atoms with Crippen LogP contribution in [0.4, 0.5) is 0 Å². The summed E-state index contributed by atoms with van der Waals surface area (Å²) in [4.78, 5) is 41.7. The van der Waals surface area contributed by atoms with Crippen molar-refractivity contribution in [3.05, 3.63) is 102 Å². The summed E-state index contributed by atoms with van der Waals surface area (Å²) in [5, 5.41) is 0. The maximum absolute atomic E-state index is 13.6. The lowest BCUT2D eigenvalue weighted by molar-refractivity contribution is -0.311. The third kappa shape index (κ3) is 4.52. The van der Waals surface area contributed by atoms with Crippen molar-refractivity contribution in [3.8, 4) is 0 Å². The van der Waals surface area contributed by atoms with E-state index < -0.39 is 53.9 Å². The van der Waals surface area contributed by atoms with Gasteiger partial charge >= 0.3 is 5.97 Å². The molecule has 3 aliphatic rings. The molecule has 38 heavy (non-hydrogen) atoms. The molecule has 2 fully saturated rings. The lowest BCUT2D eigenvalue weighted by Crippen LogP contribution is -2.67. The van der Waals surface area contributed by atoms with Crippen LogP contribution >= 0.6 is 11.8 Å². The van der Waals surface area contributed by atoms with E-state index in [1.165, 1.54) is 23.6 Å². The van der Waals surface area contributed by atoms with Crippen molar-refractivity contribution in [1.82, 2.24) is 4.90 Å². The molecular weight excluding hydrogens is 506 g/mol. The molecule has 0 N–H and O–H groups in total. The van der Waals surface area contributed by atoms with Crippen molar-refractivity contribution in [1.29, 1.82) is 0 Å². The smallest absolute Gasteiger partial charge is 0.303 e. The number of carbonyl (C=O) groups is 3. The third-order valence-corrected chi connectivity index (χ3v) is 7.97. The lowest BCUT2D eigenvalue weighted by Gasteiger charge is -2.50. The summed E-state index contributed by atoms with van der Waals surface area (Å²) in [6, 6.07) is 24.7. The Balaban J connectivity index is 1.41. The molecule has 3 aromatic rings. The van der Waals surface area contributed by atoms with Crippen molar-refractivity contribution < 1.29 is 33.3 Å². The Bertz CT molecular complexity index is 1320. The molecule has 2 saturated heterocycles. The highest BCUT2D eigenvalue weighted by atomic mass is 32.2. The highest BCUT2D eigenvalue weighted by Gasteiger charge is 2.57. The van der Waals surface area contributed by atoms with Gasteiger partial charge in [0.1, 0.15) is 23.7 Å². The Kier molecular flexibility index (Phi) is 6.75. The number of carbonyl (C=O) groups excluding carboxylic acids is 3. The Morgan fingerprint density at radius 2 is 1.47 bits per heavy atom. The van der Waals surface area contributed by atoms with Crippen LogP contribution in [0.5, 0.6) is 0 Å². The van der Waals surface area contributed by atoms with Crippen LogP contribution in [0.2, 0.25) is 0 Å². The number of ether oxygens (including phenoxy) is 4. The predicted octanol–water partition coefficient (Wildman–Crippen LogP) is 4.21. The van der Waals surface area contributed by atoms with Crippen LogP contribution in [0.1, 0.15) is 39.5 Å². The van der Waals surface area contributed by atoms with Gasteiger partial charge in [-0.05, 0) is 24.3 Å². The fraction of sp³-hybridized carbons (Fsp3) is 0.276.